The Balaban J connectivity index is 2.92. The number of hydrogen-bond acceptors (Lipinski definition) is 4. The molecule has 1 heterocycles. The molecule has 0 aromatic carbocycles. The average molecular weight is 195 g/mol. The molecule has 1 aromatic rings. The smallest absolute Gasteiger partial charge is 0.216 e. The van der Waals surface area contributed by atoms with E-state index in [1.807, 2.05) is 13.1 Å². The summed E-state index contributed by atoms with van der Waals surface area (Å²) in [6, 6.07) is 2.10. The van der Waals surface area contributed by atoms with E-state index in [1.165, 1.54) is 6.33 Å². The van der Waals surface area contributed by atoms with Gasteiger partial charge in [0.15, 0.2) is 0 Å². The Bertz CT molecular complexity index is 288. The van der Waals surface area contributed by atoms with Gasteiger partial charge < -0.3 is 10.1 Å². The van der Waals surface area contributed by atoms with Crippen LogP contribution in [0.3, 0.4) is 0 Å². The minimum atomic E-state index is 0.242. The zero-order valence-electron chi connectivity index (χ0n) is 9.11. The van der Waals surface area contributed by atoms with E-state index >= 15 is 0 Å². The van der Waals surface area contributed by atoms with Crippen molar-refractivity contribution in [2.45, 2.75) is 19.9 Å². The van der Waals surface area contributed by atoms with E-state index in [-0.39, 0.29) is 6.04 Å². The van der Waals surface area contributed by atoms with Crippen LogP contribution in [0.2, 0.25) is 0 Å². The molecule has 4 nitrogen and oxygen atoms in total. The van der Waals surface area contributed by atoms with Crippen LogP contribution in [0.4, 0.5) is 0 Å². The van der Waals surface area contributed by atoms with Crippen molar-refractivity contribution in [3.05, 3.63) is 18.1 Å². The third kappa shape index (κ3) is 2.42. The van der Waals surface area contributed by atoms with Gasteiger partial charge in [0.1, 0.15) is 6.33 Å². The molecule has 1 rings (SSSR count). The SMILES string of the molecule is CNC(c1cc(OC)ncn1)C(C)C. The molecule has 0 spiro atoms. The Morgan fingerprint density at radius 2 is 2.07 bits per heavy atom. The lowest BCUT2D eigenvalue weighted by molar-refractivity contribution is 0.388. The summed E-state index contributed by atoms with van der Waals surface area (Å²) in [5.41, 5.74) is 0.967. The van der Waals surface area contributed by atoms with Crippen LogP contribution in [-0.2, 0) is 0 Å². The highest BCUT2D eigenvalue weighted by molar-refractivity contribution is 5.16. The number of nitrogens with zero attached hydrogens (tertiary/aromatic N) is 2. The van der Waals surface area contributed by atoms with Crippen LogP contribution < -0.4 is 10.1 Å². The second kappa shape index (κ2) is 4.91. The van der Waals surface area contributed by atoms with E-state index in [2.05, 4.69) is 29.1 Å². The van der Waals surface area contributed by atoms with Gasteiger partial charge in [-0.3, -0.25) is 0 Å². The first-order valence-corrected chi connectivity index (χ1v) is 4.72. The molecule has 0 bridgehead atoms. The lowest BCUT2D eigenvalue weighted by Gasteiger charge is -2.19. The molecule has 0 amide bonds. The summed E-state index contributed by atoms with van der Waals surface area (Å²) in [6.45, 7) is 4.30. The topological polar surface area (TPSA) is 47.0 Å². The van der Waals surface area contributed by atoms with Crippen LogP contribution in [0, 0.1) is 5.92 Å². The molecule has 0 fully saturated rings. The van der Waals surface area contributed by atoms with Crippen LogP contribution in [-0.4, -0.2) is 24.1 Å². The summed E-state index contributed by atoms with van der Waals surface area (Å²) in [7, 11) is 3.54. The van der Waals surface area contributed by atoms with Gasteiger partial charge in [-0.05, 0) is 13.0 Å². The van der Waals surface area contributed by atoms with Crippen molar-refractivity contribution in [2.75, 3.05) is 14.2 Å². The molecule has 14 heavy (non-hydrogen) atoms. The summed E-state index contributed by atoms with van der Waals surface area (Å²) in [6.07, 6.45) is 1.53. The molecule has 1 aromatic heterocycles. The van der Waals surface area contributed by atoms with Crippen LogP contribution in [0.1, 0.15) is 25.6 Å². The van der Waals surface area contributed by atoms with E-state index in [9.17, 15) is 0 Å². The van der Waals surface area contributed by atoms with Crippen LogP contribution in [0.25, 0.3) is 0 Å². The normalized spacial score (nSPS) is 12.9. The van der Waals surface area contributed by atoms with Gasteiger partial charge in [-0.1, -0.05) is 13.8 Å². The predicted octanol–water partition coefficient (Wildman–Crippen LogP) is 1.40. The Labute approximate surface area is 84.7 Å². The molecule has 78 valence electrons. The summed E-state index contributed by atoms with van der Waals surface area (Å²) in [5.74, 6) is 1.09. The zero-order chi connectivity index (χ0) is 10.6. The highest BCUT2D eigenvalue weighted by atomic mass is 16.5. The number of hydrogen-bond donors (Lipinski definition) is 1. The van der Waals surface area contributed by atoms with Crippen LogP contribution in [0.5, 0.6) is 5.88 Å². The molecule has 0 aliphatic rings. The Hall–Kier alpha value is -1.16. The molecule has 1 unspecified atom stereocenters. The molecule has 0 aliphatic heterocycles. The lowest BCUT2D eigenvalue weighted by atomic mass is 10.0. The minimum absolute atomic E-state index is 0.242. The second-order valence-electron chi connectivity index (χ2n) is 3.50. The minimum Gasteiger partial charge on any atom is -0.481 e. The predicted molar refractivity (Wildman–Crippen MR) is 55.2 cm³/mol. The number of nitrogens with one attached hydrogen (secondary N) is 1. The summed E-state index contributed by atoms with van der Waals surface area (Å²) in [5, 5.41) is 3.22. The van der Waals surface area contributed by atoms with E-state index in [4.69, 9.17) is 4.74 Å². The molecule has 0 saturated heterocycles. The second-order valence-corrected chi connectivity index (χ2v) is 3.50. The van der Waals surface area contributed by atoms with Crippen molar-refractivity contribution in [1.82, 2.24) is 15.3 Å². The van der Waals surface area contributed by atoms with E-state index < -0.39 is 0 Å². The summed E-state index contributed by atoms with van der Waals surface area (Å²) < 4.78 is 5.05. The quantitative estimate of drug-likeness (QED) is 0.789. The molecule has 1 atom stereocenters. The van der Waals surface area contributed by atoms with Crippen LogP contribution in [0.15, 0.2) is 12.4 Å². The fourth-order valence-electron chi connectivity index (χ4n) is 1.46. The molecule has 0 aliphatic carbocycles. The van der Waals surface area contributed by atoms with E-state index in [1.54, 1.807) is 7.11 Å². The van der Waals surface area contributed by atoms with Crippen molar-refractivity contribution in [1.29, 1.82) is 0 Å². The fourth-order valence-corrected chi connectivity index (χ4v) is 1.46. The maximum absolute atomic E-state index is 5.05. The van der Waals surface area contributed by atoms with Gasteiger partial charge >= 0.3 is 0 Å². The van der Waals surface area contributed by atoms with Gasteiger partial charge in [0.25, 0.3) is 0 Å². The largest absolute Gasteiger partial charge is 0.481 e. The van der Waals surface area contributed by atoms with E-state index in [0.29, 0.717) is 11.8 Å². The van der Waals surface area contributed by atoms with Gasteiger partial charge in [0.05, 0.1) is 18.8 Å². The van der Waals surface area contributed by atoms with Gasteiger partial charge in [-0.2, -0.15) is 0 Å². The molecular formula is C10H17N3O. The standard InChI is InChI=1S/C10H17N3O/c1-7(2)10(11-3)8-5-9(14-4)13-6-12-8/h5-7,10-11H,1-4H3. The van der Waals surface area contributed by atoms with Gasteiger partial charge in [-0.25, -0.2) is 9.97 Å². The molecule has 4 heteroatoms. The Morgan fingerprint density at radius 1 is 1.36 bits per heavy atom. The van der Waals surface area contributed by atoms with E-state index in [0.717, 1.165) is 5.69 Å². The van der Waals surface area contributed by atoms with Crippen molar-refractivity contribution < 1.29 is 4.74 Å². The van der Waals surface area contributed by atoms with Gasteiger partial charge in [0.2, 0.25) is 5.88 Å². The Kier molecular flexibility index (Phi) is 3.83. The molecule has 1 N–H and O–H groups in total. The lowest BCUT2D eigenvalue weighted by Crippen LogP contribution is -2.22. The first-order chi connectivity index (χ1) is 6.69. The average Bonchev–Trinajstić information content (AvgIpc) is 2.19. The van der Waals surface area contributed by atoms with Gasteiger partial charge in [0, 0.05) is 6.07 Å². The maximum Gasteiger partial charge on any atom is 0.216 e. The number of aromatic nitrogens is 2. The van der Waals surface area contributed by atoms with Crippen molar-refractivity contribution >= 4 is 0 Å². The first-order valence-electron chi connectivity index (χ1n) is 4.72. The third-order valence-electron chi connectivity index (χ3n) is 2.17. The number of ether oxygens (including phenoxy) is 1. The molecule has 0 saturated carbocycles. The van der Waals surface area contributed by atoms with Gasteiger partial charge in [-0.15, -0.1) is 0 Å². The summed E-state index contributed by atoms with van der Waals surface area (Å²) >= 11 is 0. The highest BCUT2D eigenvalue weighted by Gasteiger charge is 2.15. The van der Waals surface area contributed by atoms with Crippen molar-refractivity contribution in [3.8, 4) is 5.88 Å². The molecular weight excluding hydrogens is 178 g/mol. The number of methoxy groups -OCH3 is 1. The highest BCUT2D eigenvalue weighted by Crippen LogP contribution is 2.20. The fraction of sp³-hybridized carbons (Fsp3) is 0.600. The zero-order valence-corrected chi connectivity index (χ0v) is 9.11. The van der Waals surface area contributed by atoms with Crippen molar-refractivity contribution in [2.24, 2.45) is 5.92 Å². The third-order valence-corrected chi connectivity index (χ3v) is 2.17. The maximum atomic E-state index is 5.05. The monoisotopic (exact) mass is 195 g/mol. The van der Waals surface area contributed by atoms with Crippen LogP contribution >= 0.6 is 0 Å². The van der Waals surface area contributed by atoms with Crippen molar-refractivity contribution in [3.63, 3.8) is 0 Å². The molecule has 0 radical (unpaired) electrons. The first kappa shape index (κ1) is 10.9. The number of rotatable bonds is 4. The summed E-state index contributed by atoms with van der Waals surface area (Å²) in [4.78, 5) is 8.20. The Morgan fingerprint density at radius 3 is 2.57 bits per heavy atom.